The van der Waals surface area contributed by atoms with E-state index in [1.807, 2.05) is 18.4 Å². The van der Waals surface area contributed by atoms with Gasteiger partial charge in [0.25, 0.3) is 5.56 Å². The van der Waals surface area contributed by atoms with Crippen molar-refractivity contribution in [3.8, 4) is 0 Å². The van der Waals surface area contributed by atoms with E-state index in [1.54, 1.807) is 18.8 Å². The van der Waals surface area contributed by atoms with Gasteiger partial charge in [-0.05, 0) is 20.3 Å². The number of aromatic nitrogens is 4. The summed E-state index contributed by atoms with van der Waals surface area (Å²) in [6.07, 6.45) is 2.22. The number of fused-ring (bicyclic) bond motifs is 1. The molecular weight excluding hydrogens is 276 g/mol. The van der Waals surface area contributed by atoms with E-state index in [-0.39, 0.29) is 11.6 Å². The Labute approximate surface area is 121 Å². The van der Waals surface area contributed by atoms with Gasteiger partial charge in [0.1, 0.15) is 0 Å². The van der Waals surface area contributed by atoms with Crippen LogP contribution in [-0.4, -0.2) is 24.9 Å². The number of aryl methyl sites for hydroxylation is 1. The van der Waals surface area contributed by atoms with Gasteiger partial charge in [0.05, 0.1) is 0 Å². The van der Waals surface area contributed by atoms with E-state index in [9.17, 15) is 9.59 Å². The van der Waals surface area contributed by atoms with Crippen LogP contribution in [0.15, 0.2) is 14.7 Å². The van der Waals surface area contributed by atoms with Gasteiger partial charge >= 0.3 is 5.69 Å². The highest BCUT2D eigenvalue weighted by molar-refractivity contribution is 7.99. The number of imidazole rings is 1. The molecule has 0 radical (unpaired) electrons. The van der Waals surface area contributed by atoms with Crippen LogP contribution in [0, 0.1) is 0 Å². The molecule has 0 saturated heterocycles. The quantitative estimate of drug-likeness (QED) is 0.675. The molecule has 6 nitrogen and oxygen atoms in total. The van der Waals surface area contributed by atoms with Crippen molar-refractivity contribution >= 4 is 22.9 Å². The molecule has 20 heavy (non-hydrogen) atoms. The minimum absolute atomic E-state index is 0.114. The lowest BCUT2D eigenvalue weighted by Gasteiger charge is -2.11. The lowest BCUT2D eigenvalue weighted by Crippen LogP contribution is -2.29. The minimum Gasteiger partial charge on any atom is -0.311 e. The third kappa shape index (κ3) is 2.54. The number of rotatable bonds is 5. The third-order valence-corrected chi connectivity index (χ3v) is 4.20. The van der Waals surface area contributed by atoms with Crippen molar-refractivity contribution in [1.29, 1.82) is 0 Å². The van der Waals surface area contributed by atoms with E-state index in [0.29, 0.717) is 11.2 Å². The van der Waals surface area contributed by atoms with Crippen LogP contribution in [0.3, 0.4) is 0 Å². The highest BCUT2D eigenvalue weighted by Crippen LogP contribution is 2.25. The summed E-state index contributed by atoms with van der Waals surface area (Å²) in [6.45, 7) is 6.16. The minimum atomic E-state index is -0.430. The number of unbranched alkanes of at least 4 members (excludes halogenated alkanes) is 1. The van der Waals surface area contributed by atoms with Crippen molar-refractivity contribution in [2.24, 2.45) is 7.05 Å². The molecule has 2 aromatic rings. The van der Waals surface area contributed by atoms with Crippen molar-refractivity contribution in [2.45, 2.75) is 44.8 Å². The molecule has 2 aromatic heterocycles. The molecule has 1 N–H and O–H groups in total. The van der Waals surface area contributed by atoms with E-state index in [2.05, 4.69) is 16.9 Å². The standard InChI is InChI=1S/C13H20N4O2S/c1-5-6-7-20-13-14-10-9(17(13)8(2)3)11(18)15-12(19)16(10)4/h8H,5-7H2,1-4H3,(H,15,18,19). The maximum absolute atomic E-state index is 12.1. The zero-order valence-corrected chi connectivity index (χ0v) is 13.1. The summed E-state index contributed by atoms with van der Waals surface area (Å²) in [5, 5.41) is 0.801. The van der Waals surface area contributed by atoms with Crippen LogP contribution in [0.4, 0.5) is 0 Å². The van der Waals surface area contributed by atoms with Gasteiger partial charge < -0.3 is 4.57 Å². The van der Waals surface area contributed by atoms with Crippen molar-refractivity contribution in [3.63, 3.8) is 0 Å². The zero-order chi connectivity index (χ0) is 14.9. The number of H-pyrrole nitrogens is 1. The molecule has 0 atom stereocenters. The highest BCUT2D eigenvalue weighted by Gasteiger charge is 2.19. The number of hydrogen-bond donors (Lipinski definition) is 1. The second kappa shape index (κ2) is 5.87. The fourth-order valence-electron chi connectivity index (χ4n) is 2.07. The van der Waals surface area contributed by atoms with Gasteiger partial charge in [-0.3, -0.25) is 14.3 Å². The first-order valence-corrected chi connectivity index (χ1v) is 7.80. The Hall–Kier alpha value is -1.50. The lowest BCUT2D eigenvalue weighted by molar-refractivity contribution is 0.564. The van der Waals surface area contributed by atoms with Gasteiger partial charge in [-0.15, -0.1) is 0 Å². The average Bonchev–Trinajstić information content (AvgIpc) is 2.76. The second-order valence-corrected chi connectivity index (χ2v) is 6.11. The van der Waals surface area contributed by atoms with Gasteiger partial charge in [0.15, 0.2) is 16.3 Å². The summed E-state index contributed by atoms with van der Waals surface area (Å²) in [7, 11) is 1.62. The Bertz CT molecular complexity index is 726. The molecule has 0 bridgehead atoms. The summed E-state index contributed by atoms with van der Waals surface area (Å²) < 4.78 is 3.30. The van der Waals surface area contributed by atoms with E-state index in [1.165, 1.54) is 4.57 Å². The van der Waals surface area contributed by atoms with Crippen LogP contribution in [0.1, 0.15) is 39.7 Å². The fourth-order valence-corrected chi connectivity index (χ4v) is 3.28. The number of nitrogens with one attached hydrogen (secondary N) is 1. The van der Waals surface area contributed by atoms with Gasteiger partial charge in [0.2, 0.25) is 0 Å². The largest absolute Gasteiger partial charge is 0.329 e. The molecule has 110 valence electrons. The maximum Gasteiger partial charge on any atom is 0.329 e. The number of hydrogen-bond acceptors (Lipinski definition) is 4. The number of aromatic amines is 1. The molecule has 0 amide bonds. The smallest absolute Gasteiger partial charge is 0.311 e. The fraction of sp³-hybridized carbons (Fsp3) is 0.615. The summed E-state index contributed by atoms with van der Waals surface area (Å²) in [5.74, 6) is 0.957. The Morgan fingerprint density at radius 3 is 2.65 bits per heavy atom. The van der Waals surface area contributed by atoms with E-state index < -0.39 is 5.69 Å². The summed E-state index contributed by atoms with van der Waals surface area (Å²) in [4.78, 5) is 30.6. The predicted molar refractivity (Wildman–Crippen MR) is 81.6 cm³/mol. The molecule has 0 fully saturated rings. The van der Waals surface area contributed by atoms with Crippen LogP contribution in [0.2, 0.25) is 0 Å². The van der Waals surface area contributed by atoms with E-state index >= 15 is 0 Å². The van der Waals surface area contributed by atoms with Gasteiger partial charge in [-0.2, -0.15) is 0 Å². The monoisotopic (exact) mass is 296 g/mol. The normalized spacial score (nSPS) is 11.7. The van der Waals surface area contributed by atoms with Crippen LogP contribution in [-0.2, 0) is 7.05 Å². The predicted octanol–water partition coefficient (Wildman–Crippen LogP) is 1.90. The molecule has 2 rings (SSSR count). The van der Waals surface area contributed by atoms with Crippen LogP contribution in [0.25, 0.3) is 11.2 Å². The number of nitrogens with zero attached hydrogens (tertiary/aromatic N) is 3. The SMILES string of the molecule is CCCCSc1nc2c(c(=O)[nH]c(=O)n2C)n1C(C)C. The second-order valence-electron chi connectivity index (χ2n) is 5.05. The topological polar surface area (TPSA) is 72.7 Å². The molecule has 0 aliphatic heterocycles. The maximum atomic E-state index is 12.1. The van der Waals surface area contributed by atoms with Crippen LogP contribution < -0.4 is 11.2 Å². The van der Waals surface area contributed by atoms with Gasteiger partial charge in [-0.1, -0.05) is 25.1 Å². The molecule has 2 heterocycles. The summed E-state index contributed by atoms with van der Waals surface area (Å²) in [5.41, 5.74) is 0.125. The molecule has 0 spiro atoms. The van der Waals surface area contributed by atoms with Crippen molar-refractivity contribution < 1.29 is 0 Å². The van der Waals surface area contributed by atoms with E-state index in [4.69, 9.17) is 0 Å². The van der Waals surface area contributed by atoms with E-state index in [0.717, 1.165) is 23.8 Å². The van der Waals surface area contributed by atoms with Crippen LogP contribution >= 0.6 is 11.8 Å². The lowest BCUT2D eigenvalue weighted by atomic mass is 10.4. The molecule has 0 aliphatic rings. The van der Waals surface area contributed by atoms with Gasteiger partial charge in [0, 0.05) is 18.8 Å². The van der Waals surface area contributed by atoms with Crippen LogP contribution in [0.5, 0.6) is 0 Å². The molecule has 7 heteroatoms. The average molecular weight is 296 g/mol. The Morgan fingerprint density at radius 2 is 2.05 bits per heavy atom. The molecule has 0 aromatic carbocycles. The zero-order valence-electron chi connectivity index (χ0n) is 12.3. The van der Waals surface area contributed by atoms with Crippen molar-refractivity contribution in [3.05, 3.63) is 20.8 Å². The van der Waals surface area contributed by atoms with Gasteiger partial charge in [-0.25, -0.2) is 9.78 Å². The first kappa shape index (κ1) is 14.9. The highest BCUT2D eigenvalue weighted by atomic mass is 32.2. The van der Waals surface area contributed by atoms with Crippen molar-refractivity contribution in [1.82, 2.24) is 19.1 Å². The molecular formula is C13H20N4O2S. The Morgan fingerprint density at radius 1 is 1.35 bits per heavy atom. The third-order valence-electron chi connectivity index (χ3n) is 3.16. The molecule has 0 unspecified atom stereocenters. The molecule has 0 aliphatic carbocycles. The summed E-state index contributed by atoms with van der Waals surface area (Å²) >= 11 is 1.63. The first-order chi connectivity index (χ1) is 9.47. The summed E-state index contributed by atoms with van der Waals surface area (Å²) in [6, 6.07) is 0.114. The molecule has 0 saturated carbocycles. The first-order valence-electron chi connectivity index (χ1n) is 6.81. The Balaban J connectivity index is 2.67. The van der Waals surface area contributed by atoms with Crippen molar-refractivity contribution in [2.75, 3.05) is 5.75 Å². The Kier molecular flexibility index (Phi) is 4.37. The number of thioether (sulfide) groups is 1.